The first kappa shape index (κ1) is 17.0. The Bertz CT molecular complexity index is 725. The summed E-state index contributed by atoms with van der Waals surface area (Å²) in [6, 6.07) is 3.36. The summed E-state index contributed by atoms with van der Waals surface area (Å²) in [5.41, 5.74) is -0.0412. The third-order valence-corrected chi connectivity index (χ3v) is 5.94. The summed E-state index contributed by atoms with van der Waals surface area (Å²) in [6.07, 6.45) is 1.03. The first-order valence-corrected chi connectivity index (χ1v) is 8.16. The number of ether oxygens (including phenoxy) is 1. The van der Waals surface area contributed by atoms with Crippen LogP contribution in [0.5, 0.6) is 5.75 Å². The third-order valence-electron chi connectivity index (χ3n) is 5.94. The van der Waals surface area contributed by atoms with Crippen LogP contribution in [0.15, 0.2) is 24.3 Å². The number of phenols is 1. The van der Waals surface area contributed by atoms with Crippen LogP contribution in [0.1, 0.15) is 54.7 Å². The Morgan fingerprint density at radius 2 is 2.04 bits per heavy atom. The minimum absolute atomic E-state index is 0.0225. The number of phenolic OH excluding ortho intramolecular Hbond substituents is 1. The summed E-state index contributed by atoms with van der Waals surface area (Å²) >= 11 is 0. The van der Waals surface area contributed by atoms with E-state index in [2.05, 4.69) is 6.58 Å². The van der Waals surface area contributed by atoms with Gasteiger partial charge < -0.3 is 20.1 Å². The van der Waals surface area contributed by atoms with Crippen LogP contribution < -0.4 is 0 Å². The van der Waals surface area contributed by atoms with Crippen molar-refractivity contribution in [1.29, 1.82) is 0 Å². The number of benzene rings is 1. The maximum absolute atomic E-state index is 12.5. The molecule has 1 aromatic carbocycles. The van der Waals surface area contributed by atoms with Gasteiger partial charge in [0.15, 0.2) is 0 Å². The van der Waals surface area contributed by atoms with Gasteiger partial charge in [0.05, 0.1) is 18.3 Å². The number of carbonyl (C=O) groups is 1. The van der Waals surface area contributed by atoms with Crippen molar-refractivity contribution in [3.63, 3.8) is 0 Å². The molecular formula is C19H24O5. The fourth-order valence-corrected chi connectivity index (χ4v) is 4.52. The minimum Gasteiger partial charge on any atom is -0.508 e. The van der Waals surface area contributed by atoms with Crippen LogP contribution in [-0.4, -0.2) is 39.6 Å². The number of carbonyl (C=O) groups excluding carboxylic acids is 1. The quantitative estimate of drug-likeness (QED) is 0.571. The van der Waals surface area contributed by atoms with Crippen LogP contribution >= 0.6 is 0 Å². The molecule has 2 aliphatic rings. The summed E-state index contributed by atoms with van der Waals surface area (Å²) in [4.78, 5) is 12.5. The molecule has 1 saturated carbocycles. The fraction of sp³-hybridized carbons (Fsp3) is 0.526. The first-order chi connectivity index (χ1) is 11.2. The molecule has 0 radical (unpaired) electrons. The third kappa shape index (κ3) is 2.11. The number of hydrogen-bond acceptors (Lipinski definition) is 5. The standard InChI is InChI=1S/C19H24O5/c1-10(2)18(22)8-7-13-12-5-6-14(20)11(3)15(12)16(17(21)24-4)19(13,23)9-18/h5-6,13,16,20,22-23H,1,7-9H2,2-4H3/t13-,16+,18-,19+/m0/s1. The Labute approximate surface area is 141 Å². The molecule has 0 amide bonds. The molecule has 0 aromatic heterocycles. The largest absolute Gasteiger partial charge is 0.508 e. The highest BCUT2D eigenvalue weighted by Gasteiger charge is 2.61. The van der Waals surface area contributed by atoms with E-state index < -0.39 is 23.1 Å². The van der Waals surface area contributed by atoms with E-state index in [1.807, 2.05) is 0 Å². The maximum Gasteiger partial charge on any atom is 0.316 e. The van der Waals surface area contributed by atoms with Gasteiger partial charge in [-0.15, -0.1) is 0 Å². The van der Waals surface area contributed by atoms with Crippen LogP contribution in [0.4, 0.5) is 0 Å². The maximum atomic E-state index is 12.5. The van der Waals surface area contributed by atoms with E-state index in [0.717, 1.165) is 5.56 Å². The highest BCUT2D eigenvalue weighted by atomic mass is 16.5. The van der Waals surface area contributed by atoms with Gasteiger partial charge in [0, 0.05) is 12.3 Å². The van der Waals surface area contributed by atoms with E-state index in [1.165, 1.54) is 7.11 Å². The zero-order chi connectivity index (χ0) is 17.9. The summed E-state index contributed by atoms with van der Waals surface area (Å²) in [5, 5.41) is 32.5. The lowest BCUT2D eigenvalue weighted by atomic mass is 9.64. The lowest BCUT2D eigenvalue weighted by molar-refractivity contribution is -0.157. The number of aromatic hydroxyl groups is 1. The van der Waals surface area contributed by atoms with Crippen molar-refractivity contribution < 1.29 is 24.9 Å². The summed E-state index contributed by atoms with van der Waals surface area (Å²) < 4.78 is 4.94. The van der Waals surface area contributed by atoms with Gasteiger partial charge >= 0.3 is 5.97 Å². The van der Waals surface area contributed by atoms with Crippen molar-refractivity contribution in [2.75, 3.05) is 7.11 Å². The number of aliphatic hydroxyl groups is 2. The number of hydrogen-bond donors (Lipinski definition) is 3. The van der Waals surface area contributed by atoms with Gasteiger partial charge in [-0.3, -0.25) is 4.79 Å². The second-order valence-electron chi connectivity index (χ2n) is 7.24. The Kier molecular flexibility index (Phi) is 3.77. The van der Waals surface area contributed by atoms with Gasteiger partial charge in [-0.2, -0.15) is 0 Å². The number of fused-ring (bicyclic) bond motifs is 3. The Balaban J connectivity index is 2.20. The highest BCUT2D eigenvalue weighted by Crippen LogP contribution is 2.60. The Morgan fingerprint density at radius 3 is 2.62 bits per heavy atom. The van der Waals surface area contributed by atoms with Crippen LogP contribution in [-0.2, 0) is 9.53 Å². The topological polar surface area (TPSA) is 87.0 Å². The summed E-state index contributed by atoms with van der Waals surface area (Å²) in [5.74, 6) is -1.68. The van der Waals surface area contributed by atoms with Crippen molar-refractivity contribution in [3.05, 3.63) is 41.0 Å². The van der Waals surface area contributed by atoms with Crippen molar-refractivity contribution >= 4 is 5.97 Å². The van der Waals surface area contributed by atoms with Gasteiger partial charge in [-0.05, 0) is 55.0 Å². The van der Waals surface area contributed by atoms with E-state index in [-0.39, 0.29) is 18.1 Å². The number of esters is 1. The lowest BCUT2D eigenvalue weighted by Crippen LogP contribution is -2.52. The lowest BCUT2D eigenvalue weighted by Gasteiger charge is -2.46. The summed E-state index contributed by atoms with van der Waals surface area (Å²) in [6.45, 7) is 7.31. The summed E-state index contributed by atoms with van der Waals surface area (Å²) in [7, 11) is 1.28. The zero-order valence-corrected chi connectivity index (χ0v) is 14.3. The Hall–Kier alpha value is -1.85. The van der Waals surface area contributed by atoms with Crippen LogP contribution in [0, 0.1) is 6.92 Å². The molecule has 5 heteroatoms. The van der Waals surface area contributed by atoms with Crippen molar-refractivity contribution in [2.45, 2.75) is 56.1 Å². The SMILES string of the molecule is C=C(C)[C@]1(O)CC[C@H]2c3ccc(O)c(C)c3[C@H](C(=O)OC)[C@@]2(O)C1. The van der Waals surface area contributed by atoms with Crippen molar-refractivity contribution in [1.82, 2.24) is 0 Å². The molecule has 24 heavy (non-hydrogen) atoms. The molecule has 3 rings (SSSR count). The molecule has 4 atom stereocenters. The van der Waals surface area contributed by atoms with Gasteiger partial charge in [-0.25, -0.2) is 0 Å². The monoisotopic (exact) mass is 332 g/mol. The predicted molar refractivity (Wildman–Crippen MR) is 88.9 cm³/mol. The van der Waals surface area contributed by atoms with E-state index >= 15 is 0 Å². The molecule has 3 N–H and O–H groups in total. The Morgan fingerprint density at radius 1 is 1.38 bits per heavy atom. The van der Waals surface area contributed by atoms with Crippen molar-refractivity contribution in [2.24, 2.45) is 0 Å². The zero-order valence-electron chi connectivity index (χ0n) is 14.3. The van der Waals surface area contributed by atoms with E-state index in [0.29, 0.717) is 29.5 Å². The van der Waals surface area contributed by atoms with Gasteiger partial charge in [0.2, 0.25) is 0 Å². The highest BCUT2D eigenvalue weighted by molar-refractivity contribution is 5.83. The molecule has 2 aliphatic carbocycles. The van der Waals surface area contributed by atoms with E-state index in [4.69, 9.17) is 4.74 Å². The molecule has 130 valence electrons. The van der Waals surface area contributed by atoms with E-state index in [9.17, 15) is 20.1 Å². The minimum atomic E-state index is -1.46. The fourth-order valence-electron chi connectivity index (χ4n) is 4.52. The van der Waals surface area contributed by atoms with Gasteiger partial charge in [0.1, 0.15) is 11.7 Å². The molecule has 0 saturated heterocycles. The van der Waals surface area contributed by atoms with Crippen LogP contribution in [0.2, 0.25) is 0 Å². The average Bonchev–Trinajstić information content (AvgIpc) is 2.78. The van der Waals surface area contributed by atoms with Crippen molar-refractivity contribution in [3.8, 4) is 5.75 Å². The van der Waals surface area contributed by atoms with Crippen LogP contribution in [0.25, 0.3) is 0 Å². The number of methoxy groups -OCH3 is 1. The predicted octanol–water partition coefficient (Wildman–Crippen LogP) is 2.28. The smallest absolute Gasteiger partial charge is 0.316 e. The van der Waals surface area contributed by atoms with E-state index in [1.54, 1.807) is 26.0 Å². The molecule has 5 nitrogen and oxygen atoms in total. The number of rotatable bonds is 2. The first-order valence-electron chi connectivity index (χ1n) is 8.16. The molecule has 0 bridgehead atoms. The second kappa shape index (κ2) is 5.33. The second-order valence-corrected chi connectivity index (χ2v) is 7.24. The molecule has 0 heterocycles. The normalized spacial score (nSPS) is 34.4. The average molecular weight is 332 g/mol. The van der Waals surface area contributed by atoms with Gasteiger partial charge in [0.25, 0.3) is 0 Å². The van der Waals surface area contributed by atoms with Gasteiger partial charge in [-0.1, -0.05) is 12.6 Å². The molecule has 1 aromatic rings. The molecule has 1 fully saturated rings. The molecule has 0 unspecified atom stereocenters. The molecule has 0 aliphatic heterocycles. The molecular weight excluding hydrogens is 308 g/mol. The van der Waals surface area contributed by atoms with Crippen LogP contribution in [0.3, 0.4) is 0 Å². The molecule has 0 spiro atoms.